The van der Waals surface area contributed by atoms with Gasteiger partial charge >= 0.3 is 5.97 Å². The molecule has 1 aromatic carbocycles. The summed E-state index contributed by atoms with van der Waals surface area (Å²) >= 11 is 0. The molecule has 1 aliphatic heterocycles. The summed E-state index contributed by atoms with van der Waals surface area (Å²) in [4.78, 5) is 14.0. The second-order valence-corrected chi connectivity index (χ2v) is 5.31. The lowest BCUT2D eigenvalue weighted by Gasteiger charge is -2.28. The molecule has 1 fully saturated rings. The Hall–Kier alpha value is -2.32. The van der Waals surface area contributed by atoms with E-state index in [0.29, 0.717) is 0 Å². The molecule has 2 rings (SSSR count). The fourth-order valence-electron chi connectivity index (χ4n) is 2.18. The molecule has 0 amide bonds. The van der Waals surface area contributed by atoms with Gasteiger partial charge in [0.25, 0.3) is 0 Å². The molecule has 0 aliphatic carbocycles. The van der Waals surface area contributed by atoms with E-state index in [1.54, 1.807) is 19.9 Å². The van der Waals surface area contributed by atoms with Crippen molar-refractivity contribution in [3.63, 3.8) is 0 Å². The van der Waals surface area contributed by atoms with Gasteiger partial charge in [0.1, 0.15) is 11.6 Å². The van der Waals surface area contributed by atoms with Gasteiger partial charge in [-0.05, 0) is 37.6 Å². The number of carbonyl (C=O) groups excluding carboxylic acids is 1. The van der Waals surface area contributed by atoms with Gasteiger partial charge in [-0.1, -0.05) is 12.1 Å². The van der Waals surface area contributed by atoms with Gasteiger partial charge in [0, 0.05) is 18.8 Å². The Kier molecular flexibility index (Phi) is 5.56. The molecule has 0 spiro atoms. The van der Waals surface area contributed by atoms with Crippen molar-refractivity contribution >= 4 is 17.7 Å². The molecule has 1 saturated heterocycles. The topological polar surface area (TPSA) is 62.6 Å². The molecule has 22 heavy (non-hydrogen) atoms. The molecule has 116 valence electrons. The zero-order chi connectivity index (χ0) is 15.9. The number of hydrogen-bond donors (Lipinski definition) is 0. The molecule has 0 radical (unpaired) electrons. The normalized spacial score (nSPS) is 15.5. The number of nitrogens with zero attached hydrogens (tertiary/aromatic N) is 2. The van der Waals surface area contributed by atoms with Crippen molar-refractivity contribution in [3.05, 3.63) is 35.4 Å². The number of esters is 1. The summed E-state index contributed by atoms with van der Waals surface area (Å²) in [6.45, 7) is 6.73. The van der Waals surface area contributed by atoms with Crippen molar-refractivity contribution < 1.29 is 14.3 Å². The van der Waals surface area contributed by atoms with Crippen molar-refractivity contribution in [2.45, 2.75) is 20.0 Å². The molecule has 0 atom stereocenters. The van der Waals surface area contributed by atoms with Crippen LogP contribution in [0.2, 0.25) is 0 Å². The van der Waals surface area contributed by atoms with E-state index >= 15 is 0 Å². The number of ether oxygens (including phenoxy) is 2. The van der Waals surface area contributed by atoms with Gasteiger partial charge < -0.3 is 14.4 Å². The lowest BCUT2D eigenvalue weighted by molar-refractivity contribution is -0.142. The number of anilines is 1. The minimum Gasteiger partial charge on any atom is -0.459 e. The molecule has 1 heterocycles. The standard InChI is InChI=1S/C17H20N2O3/c1-13(2)22-17(20)15(12-18)11-14-3-5-16(6-4-14)19-7-9-21-10-8-19/h3-6,11,13H,7-10H2,1-2H3/b15-11+. The van der Waals surface area contributed by atoms with Gasteiger partial charge in [0.15, 0.2) is 0 Å². The Morgan fingerprint density at radius 3 is 2.50 bits per heavy atom. The number of morpholine rings is 1. The van der Waals surface area contributed by atoms with Gasteiger partial charge in [-0.25, -0.2) is 4.79 Å². The van der Waals surface area contributed by atoms with Crippen LogP contribution in [0.15, 0.2) is 29.8 Å². The summed E-state index contributed by atoms with van der Waals surface area (Å²) in [5.41, 5.74) is 1.92. The molecule has 0 aromatic heterocycles. The number of rotatable bonds is 4. The highest BCUT2D eigenvalue weighted by molar-refractivity contribution is 5.98. The smallest absolute Gasteiger partial charge is 0.349 e. The molecule has 0 unspecified atom stereocenters. The summed E-state index contributed by atoms with van der Waals surface area (Å²) in [5, 5.41) is 9.09. The fourth-order valence-corrected chi connectivity index (χ4v) is 2.18. The lowest BCUT2D eigenvalue weighted by atomic mass is 10.1. The summed E-state index contributed by atoms with van der Waals surface area (Å²) < 4.78 is 10.4. The van der Waals surface area contributed by atoms with Crippen LogP contribution in [0.1, 0.15) is 19.4 Å². The van der Waals surface area contributed by atoms with Gasteiger partial charge in [-0.3, -0.25) is 0 Å². The highest BCUT2D eigenvalue weighted by atomic mass is 16.5. The number of carbonyl (C=O) groups is 1. The van der Waals surface area contributed by atoms with Gasteiger partial charge in [-0.15, -0.1) is 0 Å². The predicted molar refractivity (Wildman–Crippen MR) is 84.3 cm³/mol. The van der Waals surface area contributed by atoms with E-state index in [0.717, 1.165) is 37.6 Å². The van der Waals surface area contributed by atoms with Crippen molar-refractivity contribution in [2.24, 2.45) is 0 Å². The van der Waals surface area contributed by atoms with Crippen LogP contribution >= 0.6 is 0 Å². The average molecular weight is 300 g/mol. The third-order valence-electron chi connectivity index (χ3n) is 3.26. The summed E-state index contributed by atoms with van der Waals surface area (Å²) in [5.74, 6) is -0.588. The van der Waals surface area contributed by atoms with Crippen molar-refractivity contribution in [1.82, 2.24) is 0 Å². The molecular weight excluding hydrogens is 280 g/mol. The van der Waals surface area contributed by atoms with Gasteiger partial charge in [0.05, 0.1) is 19.3 Å². The molecule has 0 bridgehead atoms. The van der Waals surface area contributed by atoms with Crippen LogP contribution in [0, 0.1) is 11.3 Å². The molecule has 5 nitrogen and oxygen atoms in total. The van der Waals surface area contributed by atoms with E-state index in [9.17, 15) is 4.79 Å². The number of benzene rings is 1. The predicted octanol–water partition coefficient (Wildman–Crippen LogP) is 2.38. The van der Waals surface area contributed by atoms with E-state index in [4.69, 9.17) is 14.7 Å². The Bertz CT molecular complexity index is 579. The van der Waals surface area contributed by atoms with Gasteiger partial charge in [0.2, 0.25) is 0 Å². The third-order valence-corrected chi connectivity index (χ3v) is 3.26. The van der Waals surface area contributed by atoms with Crippen LogP contribution < -0.4 is 4.90 Å². The van der Waals surface area contributed by atoms with Crippen molar-refractivity contribution in [2.75, 3.05) is 31.2 Å². The van der Waals surface area contributed by atoms with E-state index in [1.807, 2.05) is 30.3 Å². The highest BCUT2D eigenvalue weighted by Gasteiger charge is 2.13. The largest absolute Gasteiger partial charge is 0.459 e. The zero-order valence-corrected chi connectivity index (χ0v) is 12.9. The molecular formula is C17H20N2O3. The van der Waals surface area contributed by atoms with Crippen LogP contribution in [0.25, 0.3) is 6.08 Å². The van der Waals surface area contributed by atoms with Crippen LogP contribution in [0.4, 0.5) is 5.69 Å². The average Bonchev–Trinajstić information content (AvgIpc) is 2.53. The quantitative estimate of drug-likeness (QED) is 0.485. The van der Waals surface area contributed by atoms with E-state index in [2.05, 4.69) is 4.90 Å². The summed E-state index contributed by atoms with van der Waals surface area (Å²) in [7, 11) is 0. The second kappa shape index (κ2) is 7.62. The van der Waals surface area contributed by atoms with Crippen molar-refractivity contribution in [3.8, 4) is 6.07 Å². The monoisotopic (exact) mass is 300 g/mol. The van der Waals surface area contributed by atoms with Crippen LogP contribution in [-0.4, -0.2) is 38.4 Å². The SMILES string of the molecule is CC(C)OC(=O)/C(C#N)=C/c1ccc(N2CCOCC2)cc1. The number of nitriles is 1. The first-order chi connectivity index (χ1) is 10.6. The fraction of sp³-hybridized carbons (Fsp3) is 0.412. The summed E-state index contributed by atoms with van der Waals surface area (Å²) in [6.07, 6.45) is 1.31. The molecule has 5 heteroatoms. The lowest BCUT2D eigenvalue weighted by Crippen LogP contribution is -2.36. The zero-order valence-electron chi connectivity index (χ0n) is 12.9. The molecule has 1 aliphatic rings. The Morgan fingerprint density at radius 2 is 1.95 bits per heavy atom. The highest BCUT2D eigenvalue weighted by Crippen LogP contribution is 2.18. The second-order valence-electron chi connectivity index (χ2n) is 5.31. The van der Waals surface area contributed by atoms with Crippen LogP contribution in [0.3, 0.4) is 0 Å². The maximum absolute atomic E-state index is 11.8. The number of hydrogen-bond acceptors (Lipinski definition) is 5. The Balaban J connectivity index is 2.10. The molecule has 0 saturated carbocycles. The maximum atomic E-state index is 11.8. The van der Waals surface area contributed by atoms with Crippen LogP contribution in [-0.2, 0) is 14.3 Å². The minimum atomic E-state index is -0.588. The maximum Gasteiger partial charge on any atom is 0.349 e. The first kappa shape index (κ1) is 16.1. The van der Waals surface area contributed by atoms with Gasteiger partial charge in [-0.2, -0.15) is 5.26 Å². The van der Waals surface area contributed by atoms with E-state index in [1.165, 1.54) is 0 Å². The molecule has 1 aromatic rings. The van der Waals surface area contributed by atoms with Crippen LogP contribution in [0.5, 0.6) is 0 Å². The van der Waals surface area contributed by atoms with E-state index < -0.39 is 5.97 Å². The third kappa shape index (κ3) is 4.34. The van der Waals surface area contributed by atoms with Crippen molar-refractivity contribution in [1.29, 1.82) is 5.26 Å². The Labute approximate surface area is 130 Å². The Morgan fingerprint density at radius 1 is 1.32 bits per heavy atom. The molecule has 0 N–H and O–H groups in total. The first-order valence-electron chi connectivity index (χ1n) is 7.35. The first-order valence-corrected chi connectivity index (χ1v) is 7.35. The van der Waals surface area contributed by atoms with E-state index in [-0.39, 0.29) is 11.7 Å². The summed E-state index contributed by atoms with van der Waals surface area (Å²) in [6, 6.07) is 9.65. The minimum absolute atomic E-state index is 0.00724.